The first kappa shape index (κ1) is 10.8. The Morgan fingerprint density at radius 3 is 2.71 bits per heavy atom. The number of hydrogen-bond acceptors (Lipinski definition) is 1. The quantitative estimate of drug-likeness (QED) is 0.727. The number of benzene rings is 1. The van der Waals surface area contributed by atoms with Crippen molar-refractivity contribution in [2.24, 2.45) is 0 Å². The van der Waals surface area contributed by atoms with Crippen LogP contribution in [0.1, 0.15) is 31.0 Å². The topological polar surface area (TPSA) is 8.17 Å². The van der Waals surface area contributed by atoms with Crippen LogP contribution >= 0.6 is 0 Å². The molecular weight excluding hydrogens is 208 g/mol. The number of rotatable bonds is 1. The summed E-state index contributed by atoms with van der Waals surface area (Å²) in [5.41, 5.74) is 4.52. The molecule has 0 bridgehead atoms. The van der Waals surface area contributed by atoms with Crippen molar-refractivity contribution < 1.29 is 0 Å². The second kappa shape index (κ2) is 3.88. The van der Waals surface area contributed by atoms with Crippen LogP contribution in [-0.4, -0.2) is 23.1 Å². The number of aromatic nitrogens is 1. The zero-order chi connectivity index (χ0) is 12.0. The highest BCUT2D eigenvalue weighted by atomic mass is 15.3. The van der Waals surface area contributed by atoms with Gasteiger partial charge in [-0.15, -0.1) is 0 Å². The first-order chi connectivity index (χ1) is 8.18. The molecule has 2 heterocycles. The van der Waals surface area contributed by atoms with E-state index in [4.69, 9.17) is 0 Å². The molecule has 0 fully saturated rings. The summed E-state index contributed by atoms with van der Waals surface area (Å²) in [7, 11) is 2.20. The molecule has 0 spiro atoms. The summed E-state index contributed by atoms with van der Waals surface area (Å²) in [5, 5.41) is 1.45. The van der Waals surface area contributed by atoms with E-state index in [9.17, 15) is 0 Å². The van der Waals surface area contributed by atoms with Gasteiger partial charge in [-0.1, -0.05) is 32.0 Å². The fourth-order valence-electron chi connectivity index (χ4n) is 3.07. The van der Waals surface area contributed by atoms with Crippen LogP contribution in [-0.2, 0) is 13.1 Å². The van der Waals surface area contributed by atoms with Crippen LogP contribution in [0.2, 0.25) is 0 Å². The third kappa shape index (κ3) is 1.59. The van der Waals surface area contributed by atoms with Crippen molar-refractivity contribution in [1.82, 2.24) is 9.47 Å². The summed E-state index contributed by atoms with van der Waals surface area (Å²) in [4.78, 5) is 2.39. The predicted octanol–water partition coefficient (Wildman–Crippen LogP) is 3.21. The van der Waals surface area contributed by atoms with E-state index in [2.05, 4.69) is 54.6 Å². The van der Waals surface area contributed by atoms with Crippen molar-refractivity contribution in [2.45, 2.75) is 32.9 Å². The number of para-hydroxylation sites is 1. The fraction of sp³-hybridized carbons (Fsp3) is 0.467. The summed E-state index contributed by atoms with van der Waals surface area (Å²) >= 11 is 0. The Hall–Kier alpha value is -1.28. The van der Waals surface area contributed by atoms with E-state index >= 15 is 0 Å². The maximum atomic E-state index is 2.49. The highest BCUT2D eigenvalue weighted by molar-refractivity contribution is 5.86. The van der Waals surface area contributed by atoms with Crippen LogP contribution in [0.5, 0.6) is 0 Å². The van der Waals surface area contributed by atoms with E-state index in [0.717, 1.165) is 6.67 Å². The Kier molecular flexibility index (Phi) is 2.48. The summed E-state index contributed by atoms with van der Waals surface area (Å²) < 4.78 is 2.49. The van der Waals surface area contributed by atoms with Crippen molar-refractivity contribution in [3.8, 4) is 0 Å². The second-order valence-corrected chi connectivity index (χ2v) is 5.43. The second-order valence-electron chi connectivity index (χ2n) is 5.43. The SMILES string of the molecule is CC(C)c1c2n(c3ccccc13)CN(C)CC2. The molecule has 1 aromatic heterocycles. The largest absolute Gasteiger partial charge is 0.331 e. The first-order valence-electron chi connectivity index (χ1n) is 6.47. The van der Waals surface area contributed by atoms with E-state index < -0.39 is 0 Å². The molecule has 2 heteroatoms. The molecule has 0 N–H and O–H groups in total. The molecule has 2 aromatic rings. The van der Waals surface area contributed by atoms with Crippen LogP contribution < -0.4 is 0 Å². The molecular formula is C15H20N2. The smallest absolute Gasteiger partial charge is 0.0751 e. The molecule has 0 saturated carbocycles. The standard InChI is InChI=1S/C15H20N2/c1-11(2)15-12-6-4-5-7-13(12)17-10-16(3)9-8-14(15)17/h4-7,11H,8-10H2,1-3H3. The lowest BCUT2D eigenvalue weighted by Gasteiger charge is -2.26. The highest BCUT2D eigenvalue weighted by Gasteiger charge is 2.22. The third-order valence-corrected chi connectivity index (χ3v) is 3.81. The molecule has 2 nitrogen and oxygen atoms in total. The minimum Gasteiger partial charge on any atom is -0.331 e. The normalized spacial score (nSPS) is 16.7. The Bertz CT molecular complexity index is 551. The van der Waals surface area contributed by atoms with Gasteiger partial charge in [0.05, 0.1) is 6.67 Å². The molecule has 0 saturated heterocycles. The van der Waals surface area contributed by atoms with Crippen LogP contribution in [0.4, 0.5) is 0 Å². The summed E-state index contributed by atoms with van der Waals surface area (Å²) in [6, 6.07) is 8.83. The van der Waals surface area contributed by atoms with Gasteiger partial charge in [-0.2, -0.15) is 0 Å². The van der Waals surface area contributed by atoms with E-state index in [1.54, 1.807) is 11.3 Å². The van der Waals surface area contributed by atoms with Gasteiger partial charge in [0.25, 0.3) is 0 Å². The number of fused-ring (bicyclic) bond motifs is 3. The lowest BCUT2D eigenvalue weighted by Crippen LogP contribution is -2.31. The van der Waals surface area contributed by atoms with Gasteiger partial charge in [0.2, 0.25) is 0 Å². The summed E-state index contributed by atoms with van der Waals surface area (Å²) in [6.45, 7) is 6.82. The average Bonchev–Trinajstić information content (AvgIpc) is 2.63. The lowest BCUT2D eigenvalue weighted by atomic mass is 9.98. The van der Waals surface area contributed by atoms with Gasteiger partial charge in [-0.05, 0) is 24.6 Å². The third-order valence-electron chi connectivity index (χ3n) is 3.81. The van der Waals surface area contributed by atoms with Gasteiger partial charge < -0.3 is 4.57 Å². The molecule has 17 heavy (non-hydrogen) atoms. The van der Waals surface area contributed by atoms with Gasteiger partial charge in [0.15, 0.2) is 0 Å². The zero-order valence-electron chi connectivity index (χ0n) is 10.9. The summed E-state index contributed by atoms with van der Waals surface area (Å²) in [5.74, 6) is 0.611. The minimum atomic E-state index is 0.611. The van der Waals surface area contributed by atoms with Crippen molar-refractivity contribution in [2.75, 3.05) is 13.6 Å². The number of likely N-dealkylation sites (N-methyl/N-ethyl adjacent to an activating group) is 1. The molecule has 0 unspecified atom stereocenters. The monoisotopic (exact) mass is 228 g/mol. The maximum absolute atomic E-state index is 2.49. The zero-order valence-corrected chi connectivity index (χ0v) is 10.9. The maximum Gasteiger partial charge on any atom is 0.0751 e. The molecule has 0 amide bonds. The van der Waals surface area contributed by atoms with Crippen LogP contribution in [0, 0.1) is 0 Å². The van der Waals surface area contributed by atoms with E-state index in [1.807, 2.05) is 0 Å². The first-order valence-corrected chi connectivity index (χ1v) is 6.47. The van der Waals surface area contributed by atoms with E-state index in [0.29, 0.717) is 5.92 Å². The van der Waals surface area contributed by atoms with Gasteiger partial charge in [0.1, 0.15) is 0 Å². The van der Waals surface area contributed by atoms with E-state index in [1.165, 1.54) is 23.9 Å². The Balaban J connectivity index is 2.32. The van der Waals surface area contributed by atoms with Gasteiger partial charge >= 0.3 is 0 Å². The van der Waals surface area contributed by atoms with Crippen molar-refractivity contribution in [3.05, 3.63) is 35.5 Å². The molecule has 3 rings (SSSR count). The van der Waals surface area contributed by atoms with Crippen LogP contribution in [0.3, 0.4) is 0 Å². The van der Waals surface area contributed by atoms with Crippen molar-refractivity contribution in [3.63, 3.8) is 0 Å². The minimum absolute atomic E-state index is 0.611. The highest BCUT2D eigenvalue weighted by Crippen LogP contribution is 2.33. The number of nitrogens with zero attached hydrogens (tertiary/aromatic N) is 2. The Morgan fingerprint density at radius 2 is 1.94 bits per heavy atom. The lowest BCUT2D eigenvalue weighted by molar-refractivity contribution is 0.244. The average molecular weight is 228 g/mol. The van der Waals surface area contributed by atoms with Crippen LogP contribution in [0.15, 0.2) is 24.3 Å². The predicted molar refractivity (Wildman–Crippen MR) is 72.4 cm³/mol. The molecule has 1 aliphatic rings. The fourth-order valence-corrected chi connectivity index (χ4v) is 3.07. The van der Waals surface area contributed by atoms with Gasteiger partial charge in [0, 0.05) is 29.6 Å². The van der Waals surface area contributed by atoms with Crippen LogP contribution in [0.25, 0.3) is 10.9 Å². The Morgan fingerprint density at radius 1 is 1.18 bits per heavy atom. The Labute approximate surface area is 103 Å². The van der Waals surface area contributed by atoms with Crippen molar-refractivity contribution >= 4 is 10.9 Å². The summed E-state index contributed by atoms with van der Waals surface area (Å²) in [6.07, 6.45) is 1.18. The number of hydrogen-bond donors (Lipinski definition) is 0. The molecule has 0 aliphatic carbocycles. The molecule has 0 radical (unpaired) electrons. The van der Waals surface area contributed by atoms with E-state index in [-0.39, 0.29) is 0 Å². The molecule has 90 valence electrons. The molecule has 1 aromatic carbocycles. The van der Waals surface area contributed by atoms with Crippen molar-refractivity contribution in [1.29, 1.82) is 0 Å². The molecule has 0 atom stereocenters. The van der Waals surface area contributed by atoms with Gasteiger partial charge in [-0.3, -0.25) is 4.90 Å². The molecule has 1 aliphatic heterocycles. The van der Waals surface area contributed by atoms with Gasteiger partial charge in [-0.25, -0.2) is 0 Å².